The molecule has 0 saturated heterocycles. The van der Waals surface area contributed by atoms with E-state index in [0.29, 0.717) is 4.47 Å². The Labute approximate surface area is 124 Å². The van der Waals surface area contributed by atoms with Crippen LogP contribution in [0.5, 0.6) is 0 Å². The zero-order valence-electron chi connectivity index (χ0n) is 11.2. The van der Waals surface area contributed by atoms with Gasteiger partial charge in [0.1, 0.15) is 0 Å². The summed E-state index contributed by atoms with van der Waals surface area (Å²) in [5, 5.41) is 12.4. The highest BCUT2D eigenvalue weighted by molar-refractivity contribution is 9.10. The van der Waals surface area contributed by atoms with Crippen molar-refractivity contribution in [3.63, 3.8) is 0 Å². The average Bonchev–Trinajstić information content (AvgIpc) is 2.33. The van der Waals surface area contributed by atoms with E-state index in [-0.39, 0.29) is 24.9 Å². The van der Waals surface area contributed by atoms with Crippen LogP contribution in [0.4, 0.5) is 18.9 Å². The van der Waals surface area contributed by atoms with E-state index in [4.69, 9.17) is 4.74 Å². The minimum Gasteiger partial charge on any atom is -0.389 e. The van der Waals surface area contributed by atoms with Crippen molar-refractivity contribution < 1.29 is 23.0 Å². The van der Waals surface area contributed by atoms with Gasteiger partial charge in [-0.05, 0) is 48.0 Å². The molecule has 0 aliphatic rings. The molecule has 0 spiro atoms. The molecule has 0 aromatic heterocycles. The Balaban J connectivity index is 2.63. The smallest absolute Gasteiger partial charge is 0.389 e. The van der Waals surface area contributed by atoms with Crippen LogP contribution >= 0.6 is 15.9 Å². The van der Waals surface area contributed by atoms with Crippen LogP contribution in [0.1, 0.15) is 19.4 Å². The predicted octanol–water partition coefficient (Wildman–Crippen LogP) is 3.67. The molecule has 1 unspecified atom stereocenters. The van der Waals surface area contributed by atoms with Crippen molar-refractivity contribution in [1.82, 2.24) is 0 Å². The first-order chi connectivity index (χ1) is 9.20. The summed E-state index contributed by atoms with van der Waals surface area (Å²) in [6.07, 6.45) is -5.19. The molecule has 0 amide bonds. The lowest BCUT2D eigenvalue weighted by Crippen LogP contribution is -2.26. The summed E-state index contributed by atoms with van der Waals surface area (Å²) >= 11 is 3.17. The number of anilines is 1. The monoisotopic (exact) mass is 355 g/mol. The highest BCUT2D eigenvalue weighted by Crippen LogP contribution is 2.33. The Morgan fingerprint density at radius 1 is 1.35 bits per heavy atom. The molecule has 20 heavy (non-hydrogen) atoms. The lowest BCUT2D eigenvalue weighted by Gasteiger charge is -2.16. The maximum Gasteiger partial charge on any atom is 0.416 e. The second kappa shape index (κ2) is 7.28. The van der Waals surface area contributed by atoms with Crippen molar-refractivity contribution in [2.24, 2.45) is 0 Å². The molecule has 1 aromatic rings. The van der Waals surface area contributed by atoms with E-state index in [2.05, 4.69) is 21.2 Å². The molecule has 3 nitrogen and oxygen atoms in total. The number of nitrogens with one attached hydrogen (secondary N) is 1. The molecule has 7 heteroatoms. The fraction of sp³-hybridized carbons (Fsp3) is 0.538. The van der Waals surface area contributed by atoms with Crippen LogP contribution in [0.15, 0.2) is 22.7 Å². The summed E-state index contributed by atoms with van der Waals surface area (Å²) in [7, 11) is 0. The van der Waals surface area contributed by atoms with Crippen LogP contribution < -0.4 is 5.32 Å². The van der Waals surface area contributed by atoms with E-state index < -0.39 is 17.8 Å². The second-order valence-electron chi connectivity index (χ2n) is 4.61. The Morgan fingerprint density at radius 2 is 2.00 bits per heavy atom. The first-order valence-electron chi connectivity index (χ1n) is 6.10. The normalized spacial score (nSPS) is 13.6. The number of rotatable bonds is 6. The number of ether oxygens (including phenoxy) is 1. The fourth-order valence-corrected chi connectivity index (χ4v) is 1.81. The minimum atomic E-state index is -4.39. The second-order valence-corrected chi connectivity index (χ2v) is 5.46. The zero-order valence-corrected chi connectivity index (χ0v) is 12.8. The first-order valence-corrected chi connectivity index (χ1v) is 6.89. The molecule has 114 valence electrons. The van der Waals surface area contributed by atoms with Crippen LogP contribution in [0.25, 0.3) is 0 Å². The van der Waals surface area contributed by atoms with Gasteiger partial charge in [0.05, 0.1) is 24.4 Å². The van der Waals surface area contributed by atoms with E-state index in [1.54, 1.807) is 0 Å². The van der Waals surface area contributed by atoms with Gasteiger partial charge in [-0.2, -0.15) is 13.2 Å². The molecule has 1 aromatic carbocycles. The number of hydrogen-bond donors (Lipinski definition) is 2. The van der Waals surface area contributed by atoms with Crippen molar-refractivity contribution in [3.05, 3.63) is 28.2 Å². The third-order valence-electron chi connectivity index (χ3n) is 2.44. The van der Waals surface area contributed by atoms with Gasteiger partial charge in [0.15, 0.2) is 0 Å². The number of alkyl halides is 3. The molecule has 1 rings (SSSR count). The molecule has 2 N–H and O–H groups in total. The number of benzene rings is 1. The molecule has 0 fully saturated rings. The van der Waals surface area contributed by atoms with E-state index in [1.165, 1.54) is 6.07 Å². The van der Waals surface area contributed by atoms with Gasteiger partial charge in [-0.3, -0.25) is 0 Å². The van der Waals surface area contributed by atoms with Gasteiger partial charge in [-0.25, -0.2) is 0 Å². The van der Waals surface area contributed by atoms with E-state index in [9.17, 15) is 18.3 Å². The topological polar surface area (TPSA) is 41.5 Å². The van der Waals surface area contributed by atoms with Crippen molar-refractivity contribution in [3.8, 4) is 0 Å². The highest BCUT2D eigenvalue weighted by Gasteiger charge is 2.30. The molecule has 1 atom stereocenters. The number of halogens is 4. The van der Waals surface area contributed by atoms with Crippen LogP contribution in [-0.2, 0) is 10.9 Å². The number of aliphatic hydroxyl groups excluding tert-OH is 1. The maximum atomic E-state index is 12.6. The maximum absolute atomic E-state index is 12.6. The minimum absolute atomic E-state index is 0.00931. The van der Waals surface area contributed by atoms with Crippen LogP contribution in [0.2, 0.25) is 0 Å². The third-order valence-corrected chi connectivity index (χ3v) is 3.14. The van der Waals surface area contributed by atoms with Gasteiger partial charge in [-0.1, -0.05) is 0 Å². The fourth-order valence-electron chi connectivity index (χ4n) is 1.43. The number of hydrogen-bond acceptors (Lipinski definition) is 3. The average molecular weight is 356 g/mol. The summed E-state index contributed by atoms with van der Waals surface area (Å²) in [6.45, 7) is 3.90. The van der Waals surface area contributed by atoms with Crippen molar-refractivity contribution in [1.29, 1.82) is 0 Å². The molecule has 0 aliphatic heterocycles. The lowest BCUT2D eigenvalue weighted by atomic mass is 10.2. The van der Waals surface area contributed by atoms with E-state index in [1.807, 2.05) is 13.8 Å². The Kier molecular flexibility index (Phi) is 6.29. The highest BCUT2D eigenvalue weighted by atomic mass is 79.9. The summed E-state index contributed by atoms with van der Waals surface area (Å²) in [6, 6.07) is 3.32. The third kappa shape index (κ3) is 5.68. The van der Waals surface area contributed by atoms with Gasteiger partial charge in [0, 0.05) is 16.7 Å². The summed E-state index contributed by atoms with van der Waals surface area (Å²) in [5.74, 6) is 0. The molecular weight excluding hydrogens is 339 g/mol. The van der Waals surface area contributed by atoms with Gasteiger partial charge in [0.25, 0.3) is 0 Å². The lowest BCUT2D eigenvalue weighted by molar-refractivity contribution is -0.137. The molecule has 0 bridgehead atoms. The molecule has 0 heterocycles. The van der Waals surface area contributed by atoms with E-state index in [0.717, 1.165) is 12.1 Å². The molecular formula is C13H17BrF3NO2. The van der Waals surface area contributed by atoms with Crippen LogP contribution in [-0.4, -0.2) is 30.5 Å². The van der Waals surface area contributed by atoms with Crippen molar-refractivity contribution in [2.45, 2.75) is 32.2 Å². The van der Waals surface area contributed by atoms with Gasteiger partial charge in [0.2, 0.25) is 0 Å². The van der Waals surface area contributed by atoms with Crippen molar-refractivity contribution >= 4 is 21.6 Å². The largest absolute Gasteiger partial charge is 0.416 e. The summed E-state index contributed by atoms with van der Waals surface area (Å²) in [4.78, 5) is 0. The quantitative estimate of drug-likeness (QED) is 0.817. The van der Waals surface area contributed by atoms with Gasteiger partial charge in [-0.15, -0.1) is 0 Å². The Bertz CT molecular complexity index is 438. The van der Waals surface area contributed by atoms with Crippen LogP contribution in [0, 0.1) is 0 Å². The van der Waals surface area contributed by atoms with E-state index >= 15 is 0 Å². The zero-order chi connectivity index (χ0) is 15.3. The summed E-state index contributed by atoms with van der Waals surface area (Å²) in [5.41, 5.74) is -0.459. The molecule has 0 saturated carbocycles. The Morgan fingerprint density at radius 3 is 2.55 bits per heavy atom. The van der Waals surface area contributed by atoms with Crippen molar-refractivity contribution in [2.75, 3.05) is 18.5 Å². The standard InChI is InChI=1S/C13H17BrF3NO2/c1-8(2)20-7-10(19)6-18-12-5-9(13(15,16)17)3-4-11(12)14/h3-5,8,10,18-19H,6-7H2,1-2H3. The van der Waals surface area contributed by atoms with Gasteiger partial charge < -0.3 is 15.2 Å². The van der Waals surface area contributed by atoms with Crippen LogP contribution in [0.3, 0.4) is 0 Å². The number of aliphatic hydroxyl groups is 1. The molecule has 0 radical (unpaired) electrons. The molecule has 0 aliphatic carbocycles. The Hall–Kier alpha value is -0.790. The summed E-state index contributed by atoms with van der Waals surface area (Å²) < 4.78 is 43.5. The predicted molar refractivity (Wildman–Crippen MR) is 74.7 cm³/mol. The van der Waals surface area contributed by atoms with Gasteiger partial charge >= 0.3 is 6.18 Å². The SMILES string of the molecule is CC(C)OCC(O)CNc1cc(C(F)(F)F)ccc1Br. The first kappa shape index (κ1) is 17.3.